The van der Waals surface area contributed by atoms with Crippen molar-refractivity contribution in [2.24, 2.45) is 7.05 Å². The molecule has 0 aliphatic heterocycles. The van der Waals surface area contributed by atoms with E-state index in [1.54, 1.807) is 7.05 Å². The molecule has 15 heavy (non-hydrogen) atoms. The molecule has 0 fully saturated rings. The molecule has 0 radical (unpaired) electrons. The summed E-state index contributed by atoms with van der Waals surface area (Å²) in [7, 11) is 2.90. The topological polar surface area (TPSA) is 44.1 Å². The molecule has 0 atom stereocenters. The standard InChI is InChI=1S/C10H9FN2O2/c1-13-9-7(5-12-13)6(10(14)15-2)3-4-8(9)11/h3-5H,1-2H3. The highest BCUT2D eigenvalue weighted by atomic mass is 19.1. The van der Waals surface area contributed by atoms with E-state index >= 15 is 0 Å². The van der Waals surface area contributed by atoms with Crippen molar-refractivity contribution in [2.75, 3.05) is 7.11 Å². The largest absolute Gasteiger partial charge is 0.465 e. The van der Waals surface area contributed by atoms with Crippen LogP contribution in [0.5, 0.6) is 0 Å². The van der Waals surface area contributed by atoms with Crippen molar-refractivity contribution < 1.29 is 13.9 Å². The molecule has 78 valence electrons. The van der Waals surface area contributed by atoms with Crippen molar-refractivity contribution >= 4 is 16.9 Å². The second kappa shape index (κ2) is 3.34. The predicted octanol–water partition coefficient (Wildman–Crippen LogP) is 1.50. The molecule has 0 spiro atoms. The summed E-state index contributed by atoms with van der Waals surface area (Å²) in [5, 5.41) is 4.37. The van der Waals surface area contributed by atoms with E-state index in [4.69, 9.17) is 0 Å². The number of aromatic nitrogens is 2. The summed E-state index contributed by atoms with van der Waals surface area (Å²) in [6.07, 6.45) is 1.45. The maximum absolute atomic E-state index is 13.4. The van der Waals surface area contributed by atoms with Gasteiger partial charge in [0.1, 0.15) is 11.3 Å². The Labute approximate surface area is 85.3 Å². The van der Waals surface area contributed by atoms with Crippen LogP contribution in [0.4, 0.5) is 4.39 Å². The highest BCUT2D eigenvalue weighted by Crippen LogP contribution is 2.21. The Balaban J connectivity index is 2.78. The summed E-state index contributed by atoms with van der Waals surface area (Å²) in [4.78, 5) is 11.4. The summed E-state index contributed by atoms with van der Waals surface area (Å²) in [6, 6.07) is 2.63. The van der Waals surface area contributed by atoms with E-state index in [1.807, 2.05) is 0 Å². The minimum Gasteiger partial charge on any atom is -0.465 e. The number of carbonyl (C=O) groups excluding carboxylic acids is 1. The smallest absolute Gasteiger partial charge is 0.338 e. The Kier molecular flexibility index (Phi) is 2.15. The van der Waals surface area contributed by atoms with E-state index in [0.29, 0.717) is 16.5 Å². The fourth-order valence-electron chi connectivity index (χ4n) is 1.53. The van der Waals surface area contributed by atoms with Gasteiger partial charge in [-0.15, -0.1) is 0 Å². The van der Waals surface area contributed by atoms with Crippen molar-refractivity contribution in [3.8, 4) is 0 Å². The van der Waals surface area contributed by atoms with Crippen LogP contribution in [0.1, 0.15) is 10.4 Å². The first-order valence-electron chi connectivity index (χ1n) is 4.33. The second-order valence-corrected chi connectivity index (χ2v) is 3.12. The number of aryl methyl sites for hydroxylation is 1. The maximum Gasteiger partial charge on any atom is 0.338 e. The van der Waals surface area contributed by atoms with E-state index in [1.165, 1.54) is 30.1 Å². The van der Waals surface area contributed by atoms with E-state index in [0.717, 1.165) is 0 Å². The van der Waals surface area contributed by atoms with Crippen LogP contribution in [0.3, 0.4) is 0 Å². The Morgan fingerprint density at radius 2 is 2.27 bits per heavy atom. The van der Waals surface area contributed by atoms with Gasteiger partial charge in [0, 0.05) is 12.4 Å². The highest BCUT2D eigenvalue weighted by Gasteiger charge is 2.15. The fraction of sp³-hybridized carbons (Fsp3) is 0.200. The molecule has 0 aliphatic carbocycles. The zero-order chi connectivity index (χ0) is 11.0. The summed E-state index contributed by atoms with van der Waals surface area (Å²) in [5.74, 6) is -0.898. The molecular weight excluding hydrogens is 199 g/mol. The zero-order valence-electron chi connectivity index (χ0n) is 8.32. The van der Waals surface area contributed by atoms with Gasteiger partial charge in [-0.25, -0.2) is 9.18 Å². The van der Waals surface area contributed by atoms with Gasteiger partial charge in [-0.05, 0) is 12.1 Å². The zero-order valence-corrected chi connectivity index (χ0v) is 8.32. The monoisotopic (exact) mass is 208 g/mol. The van der Waals surface area contributed by atoms with Crippen molar-refractivity contribution in [3.05, 3.63) is 29.7 Å². The number of fused-ring (bicyclic) bond motifs is 1. The molecule has 0 N–H and O–H groups in total. The number of hydrogen-bond donors (Lipinski definition) is 0. The lowest BCUT2D eigenvalue weighted by atomic mass is 10.1. The molecule has 1 aromatic carbocycles. The fourth-order valence-corrected chi connectivity index (χ4v) is 1.53. The van der Waals surface area contributed by atoms with Crippen molar-refractivity contribution in [1.29, 1.82) is 0 Å². The maximum atomic E-state index is 13.4. The third-order valence-corrected chi connectivity index (χ3v) is 2.26. The number of rotatable bonds is 1. The first-order valence-corrected chi connectivity index (χ1v) is 4.33. The third kappa shape index (κ3) is 1.36. The van der Waals surface area contributed by atoms with Gasteiger partial charge < -0.3 is 4.74 Å². The molecule has 0 amide bonds. The van der Waals surface area contributed by atoms with E-state index in [2.05, 4.69) is 9.84 Å². The molecule has 0 aliphatic rings. The molecule has 2 aromatic rings. The number of ether oxygens (including phenoxy) is 1. The minimum atomic E-state index is -0.493. The number of carbonyl (C=O) groups is 1. The van der Waals surface area contributed by atoms with Gasteiger partial charge in [0.2, 0.25) is 0 Å². The molecular formula is C10H9FN2O2. The minimum absolute atomic E-state index is 0.304. The van der Waals surface area contributed by atoms with Crippen molar-refractivity contribution in [3.63, 3.8) is 0 Å². The summed E-state index contributed by atoms with van der Waals surface area (Å²) >= 11 is 0. The molecule has 0 bridgehead atoms. The molecule has 0 saturated heterocycles. The Bertz CT molecular complexity index is 533. The second-order valence-electron chi connectivity index (χ2n) is 3.12. The van der Waals surface area contributed by atoms with Crippen LogP contribution >= 0.6 is 0 Å². The molecule has 2 rings (SSSR count). The SMILES string of the molecule is COC(=O)c1ccc(F)c2c1cnn2C. The first kappa shape index (κ1) is 9.64. The van der Waals surface area contributed by atoms with Gasteiger partial charge in [0.25, 0.3) is 0 Å². The van der Waals surface area contributed by atoms with E-state index in [9.17, 15) is 9.18 Å². The highest BCUT2D eigenvalue weighted by molar-refractivity contribution is 6.03. The number of halogens is 1. The van der Waals surface area contributed by atoms with Crippen molar-refractivity contribution in [2.45, 2.75) is 0 Å². The van der Waals surface area contributed by atoms with Gasteiger partial charge in [-0.1, -0.05) is 0 Å². The van der Waals surface area contributed by atoms with Crippen LogP contribution in [-0.4, -0.2) is 22.9 Å². The molecule has 5 heteroatoms. The van der Waals surface area contributed by atoms with Crippen LogP contribution < -0.4 is 0 Å². The van der Waals surface area contributed by atoms with E-state index < -0.39 is 11.8 Å². The summed E-state index contributed by atoms with van der Waals surface area (Å²) in [5.41, 5.74) is 0.625. The Morgan fingerprint density at radius 3 is 2.93 bits per heavy atom. The van der Waals surface area contributed by atoms with Gasteiger partial charge in [0.15, 0.2) is 0 Å². The average molecular weight is 208 g/mol. The quantitative estimate of drug-likeness (QED) is 0.667. The van der Waals surface area contributed by atoms with Crippen molar-refractivity contribution in [1.82, 2.24) is 9.78 Å². The predicted molar refractivity (Wildman–Crippen MR) is 52.0 cm³/mol. The molecule has 1 heterocycles. The molecule has 0 saturated carbocycles. The van der Waals surface area contributed by atoms with Crippen LogP contribution in [-0.2, 0) is 11.8 Å². The number of methoxy groups -OCH3 is 1. The number of esters is 1. The number of nitrogens with zero attached hydrogens (tertiary/aromatic N) is 2. The first-order chi connectivity index (χ1) is 7.15. The van der Waals surface area contributed by atoms with Crippen LogP contribution in [0.2, 0.25) is 0 Å². The van der Waals surface area contributed by atoms with Crippen LogP contribution in [0.15, 0.2) is 18.3 Å². The lowest BCUT2D eigenvalue weighted by Gasteiger charge is -2.02. The number of hydrogen-bond acceptors (Lipinski definition) is 3. The summed E-state index contributed by atoms with van der Waals surface area (Å²) in [6.45, 7) is 0. The van der Waals surface area contributed by atoms with Gasteiger partial charge in [-0.2, -0.15) is 5.10 Å². The third-order valence-electron chi connectivity index (χ3n) is 2.26. The van der Waals surface area contributed by atoms with Gasteiger partial charge >= 0.3 is 5.97 Å². The van der Waals surface area contributed by atoms with Crippen LogP contribution in [0, 0.1) is 5.82 Å². The van der Waals surface area contributed by atoms with Gasteiger partial charge in [0.05, 0.1) is 18.9 Å². The lowest BCUT2D eigenvalue weighted by molar-refractivity contribution is 0.0603. The average Bonchev–Trinajstić information content (AvgIpc) is 2.61. The normalized spacial score (nSPS) is 10.6. The molecule has 0 unspecified atom stereocenters. The lowest BCUT2D eigenvalue weighted by Crippen LogP contribution is -2.02. The Morgan fingerprint density at radius 1 is 1.53 bits per heavy atom. The van der Waals surface area contributed by atoms with Crippen LogP contribution in [0.25, 0.3) is 10.9 Å². The molecule has 1 aromatic heterocycles. The summed E-state index contributed by atoms with van der Waals surface area (Å²) < 4.78 is 19.4. The van der Waals surface area contributed by atoms with E-state index in [-0.39, 0.29) is 0 Å². The molecule has 4 nitrogen and oxygen atoms in total. The van der Waals surface area contributed by atoms with Gasteiger partial charge in [-0.3, -0.25) is 4.68 Å². The number of benzene rings is 1. The Hall–Kier alpha value is -1.91.